The molecule has 0 bridgehead atoms. The largest absolute Gasteiger partial charge is 0.296 e. The molecule has 0 unspecified atom stereocenters. The van der Waals surface area contributed by atoms with E-state index in [1.807, 2.05) is 0 Å². The quantitative estimate of drug-likeness (QED) is 0.737. The molecule has 0 aliphatic rings. The summed E-state index contributed by atoms with van der Waals surface area (Å²) in [5, 5.41) is 2.40. The number of nitrogens with one attached hydrogen (secondary N) is 2. The van der Waals surface area contributed by atoms with Crippen molar-refractivity contribution >= 4 is 23.0 Å². The predicted molar refractivity (Wildman–Crippen MR) is 61.7 cm³/mol. The molecule has 0 aliphatic carbocycles. The fourth-order valence-electron chi connectivity index (χ4n) is 1.35. The monoisotopic (exact) mass is 233 g/mol. The van der Waals surface area contributed by atoms with E-state index >= 15 is 0 Å². The van der Waals surface area contributed by atoms with Crippen LogP contribution in [0.1, 0.15) is 18.3 Å². The van der Waals surface area contributed by atoms with Gasteiger partial charge in [-0.05, 0) is 13.8 Å². The van der Waals surface area contributed by atoms with Gasteiger partial charge in [-0.1, -0.05) is 0 Å². The number of hydrogen-bond donors (Lipinski definition) is 2. The summed E-state index contributed by atoms with van der Waals surface area (Å²) in [6.07, 6.45) is 0. The van der Waals surface area contributed by atoms with Gasteiger partial charge in [0, 0.05) is 6.92 Å². The van der Waals surface area contributed by atoms with Crippen LogP contribution in [0.2, 0.25) is 0 Å². The second-order valence-electron chi connectivity index (χ2n) is 3.66. The molecular formula is C10H11N5O2. The van der Waals surface area contributed by atoms with Gasteiger partial charge in [-0.3, -0.25) is 19.9 Å². The number of rotatable bonds is 1. The van der Waals surface area contributed by atoms with Crippen molar-refractivity contribution in [2.45, 2.75) is 20.8 Å². The number of amides is 1. The Bertz CT molecular complexity index is 662. The second kappa shape index (κ2) is 3.93. The highest BCUT2D eigenvalue weighted by atomic mass is 16.1. The van der Waals surface area contributed by atoms with Crippen LogP contribution in [-0.2, 0) is 4.79 Å². The molecule has 0 atom stereocenters. The van der Waals surface area contributed by atoms with E-state index in [0.29, 0.717) is 11.4 Å². The van der Waals surface area contributed by atoms with Crippen LogP contribution in [0.4, 0.5) is 5.95 Å². The molecule has 0 aromatic carbocycles. The highest BCUT2D eigenvalue weighted by Gasteiger charge is 2.09. The lowest BCUT2D eigenvalue weighted by Crippen LogP contribution is -2.18. The van der Waals surface area contributed by atoms with Crippen LogP contribution in [0.15, 0.2) is 4.79 Å². The minimum absolute atomic E-state index is 0.0764. The first-order valence-corrected chi connectivity index (χ1v) is 5.00. The molecule has 0 radical (unpaired) electrons. The smallest absolute Gasteiger partial charge is 0.280 e. The van der Waals surface area contributed by atoms with E-state index in [2.05, 4.69) is 25.3 Å². The van der Waals surface area contributed by atoms with Crippen molar-refractivity contribution in [3.63, 3.8) is 0 Å². The van der Waals surface area contributed by atoms with Crippen LogP contribution in [0, 0.1) is 13.8 Å². The van der Waals surface area contributed by atoms with E-state index < -0.39 is 5.56 Å². The Kier molecular flexibility index (Phi) is 2.58. The van der Waals surface area contributed by atoms with Crippen LogP contribution in [0.5, 0.6) is 0 Å². The van der Waals surface area contributed by atoms with Gasteiger partial charge in [0.05, 0.1) is 11.4 Å². The topological polar surface area (TPSA) is 101 Å². The molecule has 2 heterocycles. The highest BCUT2D eigenvalue weighted by Crippen LogP contribution is 2.07. The first-order chi connectivity index (χ1) is 7.97. The van der Waals surface area contributed by atoms with Crippen molar-refractivity contribution in [3.05, 3.63) is 21.7 Å². The summed E-state index contributed by atoms with van der Waals surface area (Å²) in [7, 11) is 0. The normalized spacial score (nSPS) is 10.5. The molecule has 0 saturated carbocycles. The Morgan fingerprint density at radius 1 is 1.18 bits per heavy atom. The Labute approximate surface area is 96.3 Å². The first kappa shape index (κ1) is 11.2. The molecule has 0 saturated heterocycles. The summed E-state index contributed by atoms with van der Waals surface area (Å²) < 4.78 is 0. The number of carbonyl (C=O) groups is 1. The molecule has 88 valence electrons. The van der Waals surface area contributed by atoms with Gasteiger partial charge in [0.1, 0.15) is 0 Å². The fraction of sp³-hybridized carbons (Fsp3) is 0.300. The zero-order valence-corrected chi connectivity index (χ0v) is 9.66. The van der Waals surface area contributed by atoms with Gasteiger partial charge in [-0.15, -0.1) is 0 Å². The van der Waals surface area contributed by atoms with E-state index in [1.165, 1.54) is 6.92 Å². The van der Waals surface area contributed by atoms with Crippen LogP contribution in [0.3, 0.4) is 0 Å². The van der Waals surface area contributed by atoms with Crippen LogP contribution >= 0.6 is 0 Å². The average molecular weight is 233 g/mol. The molecule has 2 aromatic heterocycles. The van der Waals surface area contributed by atoms with Crippen molar-refractivity contribution in [2.24, 2.45) is 0 Å². The van der Waals surface area contributed by atoms with E-state index in [1.54, 1.807) is 13.8 Å². The van der Waals surface area contributed by atoms with Gasteiger partial charge in [-0.25, -0.2) is 9.97 Å². The van der Waals surface area contributed by atoms with Gasteiger partial charge in [0.25, 0.3) is 5.56 Å². The Balaban J connectivity index is 2.69. The number of hydrogen-bond acceptors (Lipinski definition) is 5. The molecule has 7 heteroatoms. The molecule has 2 N–H and O–H groups in total. The van der Waals surface area contributed by atoms with Gasteiger partial charge < -0.3 is 0 Å². The number of anilines is 1. The molecule has 2 rings (SSSR count). The van der Waals surface area contributed by atoms with Crippen LogP contribution in [-0.4, -0.2) is 25.8 Å². The Hall–Kier alpha value is -2.31. The number of fused-ring (bicyclic) bond motifs is 1. The number of H-pyrrole nitrogens is 1. The number of aromatic amines is 1. The van der Waals surface area contributed by atoms with Gasteiger partial charge in [0.2, 0.25) is 11.9 Å². The molecular weight excluding hydrogens is 222 g/mol. The summed E-state index contributed by atoms with van der Waals surface area (Å²) in [5.74, 6) is -0.239. The van der Waals surface area contributed by atoms with E-state index in [-0.39, 0.29) is 23.0 Å². The molecule has 0 fully saturated rings. The molecule has 7 nitrogen and oxygen atoms in total. The van der Waals surface area contributed by atoms with E-state index in [0.717, 1.165) is 0 Å². The summed E-state index contributed by atoms with van der Waals surface area (Å²) in [6.45, 7) is 4.88. The highest BCUT2D eigenvalue weighted by molar-refractivity contribution is 5.87. The van der Waals surface area contributed by atoms with Gasteiger partial charge in [0.15, 0.2) is 11.2 Å². The van der Waals surface area contributed by atoms with Crippen molar-refractivity contribution < 1.29 is 4.79 Å². The third kappa shape index (κ3) is 2.12. The lowest BCUT2D eigenvalue weighted by atomic mass is 10.3. The van der Waals surface area contributed by atoms with Crippen molar-refractivity contribution in [1.82, 2.24) is 19.9 Å². The molecule has 0 spiro atoms. The Morgan fingerprint density at radius 3 is 2.47 bits per heavy atom. The third-order valence-electron chi connectivity index (χ3n) is 2.25. The van der Waals surface area contributed by atoms with Crippen LogP contribution in [0.25, 0.3) is 11.2 Å². The number of aryl methyl sites for hydroxylation is 2. The number of carbonyl (C=O) groups excluding carboxylic acids is 1. The maximum absolute atomic E-state index is 11.7. The first-order valence-electron chi connectivity index (χ1n) is 5.00. The maximum Gasteiger partial charge on any atom is 0.280 e. The molecule has 2 aromatic rings. The lowest BCUT2D eigenvalue weighted by molar-refractivity contribution is -0.114. The van der Waals surface area contributed by atoms with Gasteiger partial charge in [-0.2, -0.15) is 4.98 Å². The molecule has 0 aliphatic heterocycles. The second-order valence-corrected chi connectivity index (χ2v) is 3.66. The standard InChI is InChI=1S/C10H11N5O2/c1-4-5(2)12-8-7(11-4)9(17)15-10(14-8)13-6(3)16/h1-3H3,(H2,12,13,14,15,16,17). The maximum atomic E-state index is 11.7. The molecule has 17 heavy (non-hydrogen) atoms. The Morgan fingerprint density at radius 2 is 1.82 bits per heavy atom. The summed E-state index contributed by atoms with van der Waals surface area (Å²) >= 11 is 0. The number of aromatic nitrogens is 4. The van der Waals surface area contributed by atoms with Crippen LogP contribution < -0.4 is 10.9 Å². The summed E-state index contributed by atoms with van der Waals surface area (Å²) in [6, 6.07) is 0. The van der Waals surface area contributed by atoms with Gasteiger partial charge >= 0.3 is 0 Å². The van der Waals surface area contributed by atoms with Crippen molar-refractivity contribution in [1.29, 1.82) is 0 Å². The third-order valence-corrected chi connectivity index (χ3v) is 2.25. The average Bonchev–Trinajstić information content (AvgIpc) is 2.20. The minimum Gasteiger partial charge on any atom is -0.296 e. The van der Waals surface area contributed by atoms with E-state index in [4.69, 9.17) is 0 Å². The zero-order chi connectivity index (χ0) is 12.6. The minimum atomic E-state index is -0.422. The number of nitrogens with zero attached hydrogens (tertiary/aromatic N) is 3. The SMILES string of the molecule is CC(=O)Nc1nc2nc(C)c(C)nc2c(=O)[nH]1. The zero-order valence-electron chi connectivity index (χ0n) is 9.66. The predicted octanol–water partition coefficient (Wildman–Crippen LogP) is 0.288. The molecule has 1 amide bonds. The summed E-state index contributed by atoms with van der Waals surface area (Å²) in [4.78, 5) is 37.3. The lowest BCUT2D eigenvalue weighted by Gasteiger charge is -2.04. The van der Waals surface area contributed by atoms with E-state index in [9.17, 15) is 9.59 Å². The summed E-state index contributed by atoms with van der Waals surface area (Å²) in [5.41, 5.74) is 1.35. The van der Waals surface area contributed by atoms with Crippen molar-refractivity contribution in [2.75, 3.05) is 5.32 Å². The van der Waals surface area contributed by atoms with Crippen molar-refractivity contribution in [3.8, 4) is 0 Å². The fourth-order valence-corrected chi connectivity index (χ4v) is 1.35.